The van der Waals surface area contributed by atoms with Crippen molar-refractivity contribution in [3.63, 3.8) is 0 Å². The van der Waals surface area contributed by atoms with Gasteiger partial charge in [0, 0.05) is 5.54 Å². The Hall–Kier alpha value is -0.0900. The van der Waals surface area contributed by atoms with E-state index in [2.05, 4.69) is 20.8 Å². The molecule has 4 heteroatoms. The van der Waals surface area contributed by atoms with Gasteiger partial charge < -0.3 is 5.73 Å². The van der Waals surface area contributed by atoms with Crippen LogP contribution in [0.25, 0.3) is 0 Å². The summed E-state index contributed by atoms with van der Waals surface area (Å²) in [6.07, 6.45) is 4.75. The minimum absolute atomic E-state index is 0.215. The van der Waals surface area contributed by atoms with Gasteiger partial charge in [0.05, 0.1) is 10.5 Å². The Morgan fingerprint density at radius 1 is 1.05 bits per heavy atom. The zero-order chi connectivity index (χ0) is 15.8. The SMILES string of the molecule is CC(C)(C)C1CCC(N)(CCS(=O)(=O)C(C)(C)C)CC1. The van der Waals surface area contributed by atoms with Crippen molar-refractivity contribution in [3.8, 4) is 0 Å². The van der Waals surface area contributed by atoms with Gasteiger partial charge in [0.2, 0.25) is 0 Å². The van der Waals surface area contributed by atoms with E-state index < -0.39 is 14.6 Å². The minimum atomic E-state index is -3.06. The van der Waals surface area contributed by atoms with Crippen molar-refractivity contribution in [1.82, 2.24) is 0 Å². The fourth-order valence-electron chi connectivity index (χ4n) is 2.95. The van der Waals surface area contributed by atoms with Crippen LogP contribution in [-0.4, -0.2) is 24.5 Å². The first-order valence-electron chi connectivity index (χ1n) is 7.78. The molecule has 1 aliphatic carbocycles. The summed E-state index contributed by atoms with van der Waals surface area (Å²) in [4.78, 5) is 0. The maximum atomic E-state index is 12.2. The smallest absolute Gasteiger partial charge is 0.155 e. The van der Waals surface area contributed by atoms with Crippen LogP contribution in [-0.2, 0) is 9.84 Å². The van der Waals surface area contributed by atoms with Crippen molar-refractivity contribution < 1.29 is 8.42 Å². The Kier molecular flexibility index (Phi) is 5.03. The van der Waals surface area contributed by atoms with E-state index in [0.29, 0.717) is 17.8 Å². The molecule has 120 valence electrons. The van der Waals surface area contributed by atoms with Gasteiger partial charge in [0.25, 0.3) is 0 Å². The van der Waals surface area contributed by atoms with E-state index in [1.54, 1.807) is 20.8 Å². The van der Waals surface area contributed by atoms with E-state index in [-0.39, 0.29) is 11.3 Å². The lowest BCUT2D eigenvalue weighted by atomic mass is 9.67. The molecule has 0 bridgehead atoms. The lowest BCUT2D eigenvalue weighted by Crippen LogP contribution is -2.47. The predicted octanol–water partition coefficient (Wildman–Crippen LogP) is 3.52. The molecule has 0 radical (unpaired) electrons. The molecule has 0 spiro atoms. The second-order valence-corrected chi connectivity index (χ2v) is 11.5. The van der Waals surface area contributed by atoms with Gasteiger partial charge in [-0.05, 0) is 64.2 Å². The summed E-state index contributed by atoms with van der Waals surface area (Å²) in [5.74, 6) is 0.922. The Morgan fingerprint density at radius 2 is 1.50 bits per heavy atom. The van der Waals surface area contributed by atoms with Gasteiger partial charge in [-0.25, -0.2) is 8.42 Å². The van der Waals surface area contributed by atoms with Gasteiger partial charge in [-0.3, -0.25) is 0 Å². The lowest BCUT2D eigenvalue weighted by molar-refractivity contribution is 0.132. The zero-order valence-electron chi connectivity index (χ0n) is 14.1. The third-order valence-corrected chi connectivity index (χ3v) is 7.62. The number of hydrogen-bond donors (Lipinski definition) is 1. The highest BCUT2D eigenvalue weighted by Crippen LogP contribution is 2.41. The molecule has 1 aliphatic rings. The van der Waals surface area contributed by atoms with Crippen molar-refractivity contribution in [2.24, 2.45) is 17.1 Å². The molecule has 0 aromatic carbocycles. The van der Waals surface area contributed by atoms with Crippen LogP contribution in [0.2, 0.25) is 0 Å². The molecular weight excluding hydrogens is 270 g/mol. The van der Waals surface area contributed by atoms with E-state index in [1.807, 2.05) is 0 Å². The highest BCUT2D eigenvalue weighted by atomic mass is 32.2. The molecule has 2 N–H and O–H groups in total. The van der Waals surface area contributed by atoms with E-state index in [1.165, 1.54) is 0 Å². The maximum Gasteiger partial charge on any atom is 0.155 e. The summed E-state index contributed by atoms with van der Waals surface area (Å²) in [5.41, 5.74) is 6.51. The molecule has 3 nitrogen and oxygen atoms in total. The highest BCUT2D eigenvalue weighted by Gasteiger charge is 2.38. The van der Waals surface area contributed by atoms with Crippen molar-refractivity contribution in [3.05, 3.63) is 0 Å². The van der Waals surface area contributed by atoms with Crippen LogP contribution in [0.5, 0.6) is 0 Å². The first-order valence-corrected chi connectivity index (χ1v) is 9.43. The van der Waals surface area contributed by atoms with Gasteiger partial charge in [-0.15, -0.1) is 0 Å². The second-order valence-electron chi connectivity index (χ2n) is 8.68. The van der Waals surface area contributed by atoms with Crippen molar-refractivity contribution in [2.75, 3.05) is 5.75 Å². The average molecular weight is 304 g/mol. The summed E-state index contributed by atoms with van der Waals surface area (Å²) in [6, 6.07) is 0. The van der Waals surface area contributed by atoms with E-state index in [4.69, 9.17) is 5.73 Å². The predicted molar refractivity (Wildman–Crippen MR) is 86.5 cm³/mol. The molecule has 0 unspecified atom stereocenters. The van der Waals surface area contributed by atoms with Gasteiger partial charge >= 0.3 is 0 Å². The first kappa shape index (κ1) is 18.0. The molecular formula is C16H33NO2S. The van der Waals surface area contributed by atoms with Crippen LogP contribution < -0.4 is 5.73 Å². The Morgan fingerprint density at radius 3 is 1.85 bits per heavy atom. The molecule has 0 aromatic heterocycles. The van der Waals surface area contributed by atoms with Gasteiger partial charge in [-0.2, -0.15) is 0 Å². The summed E-state index contributed by atoms with van der Waals surface area (Å²) in [5, 5.41) is 0. The standard InChI is InChI=1S/C16H33NO2S/c1-14(2,3)13-7-9-16(17,10-8-13)11-12-20(18,19)15(4,5)6/h13H,7-12,17H2,1-6H3. The lowest BCUT2D eigenvalue weighted by Gasteiger charge is -2.42. The number of sulfone groups is 1. The Balaban J connectivity index is 2.59. The van der Waals surface area contributed by atoms with Crippen LogP contribution in [0.15, 0.2) is 0 Å². The van der Waals surface area contributed by atoms with Crippen LogP contribution >= 0.6 is 0 Å². The monoisotopic (exact) mass is 303 g/mol. The molecule has 1 saturated carbocycles. The molecule has 20 heavy (non-hydrogen) atoms. The zero-order valence-corrected chi connectivity index (χ0v) is 14.9. The summed E-state index contributed by atoms with van der Waals surface area (Å²) in [6.45, 7) is 12.1. The van der Waals surface area contributed by atoms with Crippen LogP contribution in [0.1, 0.15) is 73.6 Å². The third kappa shape index (κ3) is 4.45. The topological polar surface area (TPSA) is 60.2 Å². The molecule has 0 aromatic rings. The highest BCUT2D eigenvalue weighted by molar-refractivity contribution is 7.92. The molecule has 0 heterocycles. The molecule has 0 amide bonds. The number of nitrogens with two attached hydrogens (primary N) is 1. The second kappa shape index (κ2) is 5.60. The van der Waals surface area contributed by atoms with Crippen LogP contribution in [0.4, 0.5) is 0 Å². The molecule has 0 aliphatic heterocycles. The maximum absolute atomic E-state index is 12.2. The van der Waals surface area contributed by atoms with E-state index >= 15 is 0 Å². The molecule has 0 saturated heterocycles. The first-order chi connectivity index (χ1) is 8.77. The van der Waals surface area contributed by atoms with Gasteiger partial charge in [-0.1, -0.05) is 20.8 Å². The van der Waals surface area contributed by atoms with E-state index in [0.717, 1.165) is 25.7 Å². The average Bonchev–Trinajstić information content (AvgIpc) is 2.24. The van der Waals surface area contributed by atoms with E-state index in [9.17, 15) is 8.42 Å². The minimum Gasteiger partial charge on any atom is -0.325 e. The van der Waals surface area contributed by atoms with Crippen molar-refractivity contribution in [1.29, 1.82) is 0 Å². The Bertz CT molecular complexity index is 418. The normalized spacial score (nSPS) is 29.4. The third-order valence-electron chi connectivity index (χ3n) is 5.01. The largest absolute Gasteiger partial charge is 0.325 e. The quantitative estimate of drug-likeness (QED) is 0.867. The van der Waals surface area contributed by atoms with Gasteiger partial charge in [0.1, 0.15) is 0 Å². The number of rotatable bonds is 3. The van der Waals surface area contributed by atoms with Gasteiger partial charge in [0.15, 0.2) is 9.84 Å². The van der Waals surface area contributed by atoms with Crippen LogP contribution in [0, 0.1) is 11.3 Å². The Labute approximate surface area is 125 Å². The van der Waals surface area contributed by atoms with Crippen molar-refractivity contribution in [2.45, 2.75) is 83.9 Å². The summed E-state index contributed by atoms with van der Waals surface area (Å²) in [7, 11) is -3.06. The molecule has 1 fully saturated rings. The fourth-order valence-corrected chi connectivity index (χ4v) is 4.24. The summed E-state index contributed by atoms with van der Waals surface area (Å²) >= 11 is 0. The van der Waals surface area contributed by atoms with Crippen LogP contribution in [0.3, 0.4) is 0 Å². The molecule has 1 rings (SSSR count). The summed E-state index contributed by atoms with van der Waals surface area (Å²) < 4.78 is 23.7. The van der Waals surface area contributed by atoms with Crippen molar-refractivity contribution >= 4 is 9.84 Å². The molecule has 0 atom stereocenters. The fraction of sp³-hybridized carbons (Fsp3) is 1.00. The number of hydrogen-bond acceptors (Lipinski definition) is 3.